The highest BCUT2D eigenvalue weighted by atomic mass is 79.9. The average Bonchev–Trinajstić information content (AvgIpc) is 2.36. The van der Waals surface area contributed by atoms with Gasteiger partial charge in [-0.1, -0.05) is 28.1 Å². The van der Waals surface area contributed by atoms with Crippen LogP contribution >= 0.6 is 15.9 Å². The summed E-state index contributed by atoms with van der Waals surface area (Å²) in [5.74, 6) is -2.16. The maximum absolute atomic E-state index is 13.5. The van der Waals surface area contributed by atoms with Crippen LogP contribution in [0.25, 0.3) is 0 Å². The van der Waals surface area contributed by atoms with Crippen molar-refractivity contribution < 1.29 is 18.7 Å². The summed E-state index contributed by atoms with van der Waals surface area (Å²) in [5, 5.41) is 11.3. The molecule has 0 saturated heterocycles. The molecule has 2 N–H and O–H groups in total. The fraction of sp³-hybridized carbons (Fsp3) is 0.0714. The number of hydrogen-bond acceptors (Lipinski definition) is 2. The molecule has 6 heteroatoms. The van der Waals surface area contributed by atoms with Gasteiger partial charge in [-0.15, -0.1) is 0 Å². The molecule has 0 unspecified atom stereocenters. The van der Waals surface area contributed by atoms with E-state index in [0.717, 1.165) is 12.1 Å². The Morgan fingerprint density at radius 1 is 1.15 bits per heavy atom. The largest absolute Gasteiger partial charge is 0.508 e. The number of carbonyl (C=O) groups is 1. The second-order valence-electron chi connectivity index (χ2n) is 4.14. The Bertz CT molecular complexity index is 621. The fourth-order valence-corrected chi connectivity index (χ4v) is 2.05. The molecule has 0 aliphatic carbocycles. The summed E-state index contributed by atoms with van der Waals surface area (Å²) < 4.78 is 27.3. The maximum Gasteiger partial charge on any atom is 0.228 e. The van der Waals surface area contributed by atoms with Crippen molar-refractivity contribution in [2.24, 2.45) is 0 Å². The molecule has 2 rings (SSSR count). The molecular formula is C14H10BrF2NO2. The lowest BCUT2D eigenvalue weighted by Crippen LogP contribution is -2.16. The van der Waals surface area contributed by atoms with E-state index in [2.05, 4.69) is 21.2 Å². The predicted octanol–water partition coefficient (Wildman–Crippen LogP) is 3.61. The van der Waals surface area contributed by atoms with Gasteiger partial charge in [-0.3, -0.25) is 4.79 Å². The van der Waals surface area contributed by atoms with Crippen LogP contribution in [0.3, 0.4) is 0 Å². The molecule has 0 fully saturated rings. The van der Waals surface area contributed by atoms with Crippen molar-refractivity contribution in [3.63, 3.8) is 0 Å². The fourth-order valence-electron chi connectivity index (χ4n) is 1.64. The van der Waals surface area contributed by atoms with Gasteiger partial charge in [-0.2, -0.15) is 0 Å². The topological polar surface area (TPSA) is 49.3 Å². The van der Waals surface area contributed by atoms with Gasteiger partial charge in [0.2, 0.25) is 5.91 Å². The number of carbonyl (C=O) groups excluding carboxylic acids is 1. The molecule has 0 heterocycles. The molecule has 104 valence electrons. The number of nitrogens with one attached hydrogen (secondary N) is 1. The number of rotatable bonds is 3. The van der Waals surface area contributed by atoms with Crippen molar-refractivity contribution in [1.82, 2.24) is 0 Å². The van der Waals surface area contributed by atoms with Gasteiger partial charge in [0.05, 0.1) is 6.42 Å². The standard InChI is InChI=1S/C14H10BrF2NO2/c15-9-6-11(16)14(12(17)7-9)18-13(20)5-8-1-3-10(19)4-2-8/h1-4,6-7,19H,5H2,(H,18,20). The lowest BCUT2D eigenvalue weighted by Gasteiger charge is -2.08. The Balaban J connectivity index is 2.10. The Kier molecular flexibility index (Phi) is 4.34. The van der Waals surface area contributed by atoms with Crippen molar-refractivity contribution in [3.8, 4) is 5.75 Å². The number of hydrogen-bond donors (Lipinski definition) is 2. The molecule has 2 aromatic carbocycles. The highest BCUT2D eigenvalue weighted by Gasteiger charge is 2.13. The zero-order chi connectivity index (χ0) is 14.7. The minimum atomic E-state index is -0.851. The van der Waals surface area contributed by atoms with Crippen LogP contribution < -0.4 is 5.32 Å². The Morgan fingerprint density at radius 2 is 1.70 bits per heavy atom. The van der Waals surface area contributed by atoms with Crippen LogP contribution in [-0.4, -0.2) is 11.0 Å². The zero-order valence-electron chi connectivity index (χ0n) is 10.2. The van der Waals surface area contributed by atoms with Crippen LogP contribution in [0.4, 0.5) is 14.5 Å². The maximum atomic E-state index is 13.5. The average molecular weight is 342 g/mol. The first-order valence-corrected chi connectivity index (χ1v) is 6.47. The minimum absolute atomic E-state index is 0.0464. The van der Waals surface area contributed by atoms with Crippen molar-refractivity contribution in [2.45, 2.75) is 6.42 Å². The van der Waals surface area contributed by atoms with Gasteiger partial charge in [-0.25, -0.2) is 8.78 Å². The highest BCUT2D eigenvalue weighted by Crippen LogP contribution is 2.24. The first-order valence-electron chi connectivity index (χ1n) is 5.68. The van der Waals surface area contributed by atoms with Crippen LogP contribution in [-0.2, 0) is 11.2 Å². The molecule has 20 heavy (non-hydrogen) atoms. The van der Waals surface area contributed by atoms with E-state index in [1.807, 2.05) is 0 Å². The van der Waals surface area contributed by atoms with E-state index in [0.29, 0.717) is 5.56 Å². The molecule has 0 spiro atoms. The molecular weight excluding hydrogens is 332 g/mol. The summed E-state index contributed by atoms with van der Waals surface area (Å²) in [6, 6.07) is 8.12. The molecule has 0 radical (unpaired) electrons. The van der Waals surface area contributed by atoms with E-state index < -0.39 is 23.2 Å². The molecule has 0 aliphatic heterocycles. The van der Waals surface area contributed by atoms with Gasteiger partial charge in [0.1, 0.15) is 11.4 Å². The normalized spacial score (nSPS) is 10.3. The van der Waals surface area contributed by atoms with E-state index >= 15 is 0 Å². The van der Waals surface area contributed by atoms with Gasteiger partial charge in [0.15, 0.2) is 11.6 Å². The van der Waals surface area contributed by atoms with E-state index in [4.69, 9.17) is 5.11 Å². The molecule has 0 saturated carbocycles. The summed E-state index contributed by atoms with van der Waals surface area (Å²) >= 11 is 2.96. The molecule has 3 nitrogen and oxygen atoms in total. The van der Waals surface area contributed by atoms with Crippen molar-refractivity contribution in [1.29, 1.82) is 0 Å². The lowest BCUT2D eigenvalue weighted by molar-refractivity contribution is -0.115. The van der Waals surface area contributed by atoms with Crippen LogP contribution in [0.1, 0.15) is 5.56 Å². The van der Waals surface area contributed by atoms with Gasteiger partial charge >= 0.3 is 0 Å². The van der Waals surface area contributed by atoms with E-state index in [1.54, 1.807) is 12.1 Å². The van der Waals surface area contributed by atoms with E-state index in [1.165, 1.54) is 12.1 Å². The number of anilines is 1. The molecule has 0 atom stereocenters. The zero-order valence-corrected chi connectivity index (χ0v) is 11.7. The van der Waals surface area contributed by atoms with Crippen LogP contribution in [0.5, 0.6) is 5.75 Å². The Hall–Kier alpha value is -1.95. The minimum Gasteiger partial charge on any atom is -0.508 e. The van der Waals surface area contributed by atoms with Gasteiger partial charge in [0, 0.05) is 4.47 Å². The van der Waals surface area contributed by atoms with Crippen molar-refractivity contribution >= 4 is 27.5 Å². The Labute approximate surface area is 122 Å². The highest BCUT2D eigenvalue weighted by molar-refractivity contribution is 9.10. The third-order valence-corrected chi connectivity index (χ3v) is 3.03. The van der Waals surface area contributed by atoms with E-state index in [-0.39, 0.29) is 16.6 Å². The number of aromatic hydroxyl groups is 1. The predicted molar refractivity (Wildman–Crippen MR) is 74.5 cm³/mol. The number of phenolic OH excluding ortho intramolecular Hbond substituents is 1. The van der Waals surface area contributed by atoms with Gasteiger partial charge in [-0.05, 0) is 29.8 Å². The number of amides is 1. The van der Waals surface area contributed by atoms with Crippen LogP contribution in [0, 0.1) is 11.6 Å². The lowest BCUT2D eigenvalue weighted by atomic mass is 10.1. The number of benzene rings is 2. The van der Waals surface area contributed by atoms with Crippen molar-refractivity contribution in [2.75, 3.05) is 5.32 Å². The Morgan fingerprint density at radius 3 is 2.25 bits per heavy atom. The van der Waals surface area contributed by atoms with Crippen LogP contribution in [0.15, 0.2) is 40.9 Å². The molecule has 0 aliphatic rings. The first kappa shape index (κ1) is 14.5. The summed E-state index contributed by atoms with van der Waals surface area (Å²) in [4.78, 5) is 11.7. The van der Waals surface area contributed by atoms with Crippen molar-refractivity contribution in [3.05, 3.63) is 58.1 Å². The number of halogens is 3. The van der Waals surface area contributed by atoms with Crippen LogP contribution in [0.2, 0.25) is 0 Å². The van der Waals surface area contributed by atoms with Gasteiger partial charge in [0.25, 0.3) is 0 Å². The van der Waals surface area contributed by atoms with E-state index in [9.17, 15) is 13.6 Å². The summed E-state index contributed by atoms with van der Waals surface area (Å²) in [6.07, 6.45) is -0.0464. The molecule has 1 amide bonds. The summed E-state index contributed by atoms with van der Waals surface area (Å²) in [6.45, 7) is 0. The first-order chi connectivity index (χ1) is 9.45. The smallest absolute Gasteiger partial charge is 0.228 e. The molecule has 0 bridgehead atoms. The monoisotopic (exact) mass is 341 g/mol. The second-order valence-corrected chi connectivity index (χ2v) is 5.05. The van der Waals surface area contributed by atoms with Gasteiger partial charge < -0.3 is 10.4 Å². The second kappa shape index (κ2) is 6.00. The summed E-state index contributed by atoms with van der Waals surface area (Å²) in [7, 11) is 0. The summed E-state index contributed by atoms with van der Waals surface area (Å²) in [5.41, 5.74) is 0.148. The SMILES string of the molecule is O=C(Cc1ccc(O)cc1)Nc1c(F)cc(Br)cc1F. The third-order valence-electron chi connectivity index (χ3n) is 2.57. The quantitative estimate of drug-likeness (QED) is 0.895. The third kappa shape index (κ3) is 3.54. The number of phenols is 1. The molecule has 2 aromatic rings. The molecule has 0 aromatic heterocycles.